The molecule has 1 aromatic rings. The summed E-state index contributed by atoms with van der Waals surface area (Å²) < 4.78 is 47.5. The lowest BCUT2D eigenvalue weighted by Gasteiger charge is -2.07. The van der Waals surface area contributed by atoms with Gasteiger partial charge in [0.05, 0.1) is 10.6 Å². The number of anilines is 1. The molecule has 10 heteroatoms. The molecule has 0 saturated heterocycles. The maximum absolute atomic E-state index is 11.6. The van der Waals surface area contributed by atoms with Crippen LogP contribution in [0, 0.1) is 0 Å². The van der Waals surface area contributed by atoms with Gasteiger partial charge in [0.2, 0.25) is 20.0 Å². The van der Waals surface area contributed by atoms with Crippen LogP contribution >= 0.6 is 0 Å². The molecule has 0 spiro atoms. The Labute approximate surface area is 116 Å². The zero-order valence-corrected chi connectivity index (χ0v) is 11.9. The molecule has 0 heterocycles. The number of aliphatic carboxylic acids is 1. The zero-order chi connectivity index (χ0) is 15.4. The number of primary sulfonamides is 1. The molecule has 0 saturated carbocycles. The van der Waals surface area contributed by atoms with E-state index < -0.39 is 26.0 Å². The van der Waals surface area contributed by atoms with E-state index in [4.69, 9.17) is 10.2 Å². The Balaban J connectivity index is 2.71. The van der Waals surface area contributed by atoms with E-state index in [1.54, 1.807) is 0 Å². The van der Waals surface area contributed by atoms with Gasteiger partial charge >= 0.3 is 5.97 Å². The van der Waals surface area contributed by atoms with Crippen LogP contribution in [0.15, 0.2) is 29.2 Å². The van der Waals surface area contributed by atoms with E-state index in [0.717, 1.165) is 0 Å². The van der Waals surface area contributed by atoms with E-state index in [2.05, 4.69) is 4.72 Å². The highest BCUT2D eigenvalue weighted by Crippen LogP contribution is 2.14. The second kappa shape index (κ2) is 6.20. The Hall–Kier alpha value is -1.65. The fourth-order valence-electron chi connectivity index (χ4n) is 1.36. The van der Waals surface area contributed by atoms with Gasteiger partial charge in [0.25, 0.3) is 0 Å². The first-order chi connectivity index (χ1) is 9.10. The van der Waals surface area contributed by atoms with E-state index >= 15 is 0 Å². The van der Waals surface area contributed by atoms with Crippen molar-refractivity contribution in [3.63, 3.8) is 0 Å². The Morgan fingerprint density at radius 1 is 1.15 bits per heavy atom. The molecular weight excluding hydrogens is 308 g/mol. The van der Waals surface area contributed by atoms with E-state index in [1.807, 2.05) is 0 Å². The first-order valence-corrected chi connectivity index (χ1v) is 8.65. The first-order valence-electron chi connectivity index (χ1n) is 5.45. The van der Waals surface area contributed by atoms with Gasteiger partial charge in [-0.2, -0.15) is 0 Å². The molecular formula is C10H14N2O6S2. The lowest BCUT2D eigenvalue weighted by Crippen LogP contribution is -2.17. The number of carboxylic acid groups (broad SMARTS) is 1. The molecule has 0 unspecified atom stereocenters. The minimum atomic E-state index is -3.83. The Bertz CT molecular complexity index is 679. The molecule has 20 heavy (non-hydrogen) atoms. The predicted molar refractivity (Wildman–Crippen MR) is 72.1 cm³/mol. The third kappa shape index (κ3) is 5.55. The van der Waals surface area contributed by atoms with Crippen molar-refractivity contribution >= 4 is 31.7 Å². The fourth-order valence-corrected chi connectivity index (χ4v) is 2.99. The summed E-state index contributed by atoms with van der Waals surface area (Å²) >= 11 is 0. The number of hydrogen-bond donors (Lipinski definition) is 3. The summed E-state index contributed by atoms with van der Waals surface area (Å²) in [6.45, 7) is 0. The van der Waals surface area contributed by atoms with Gasteiger partial charge in [-0.25, -0.2) is 22.0 Å². The predicted octanol–water partition coefficient (Wildman–Crippen LogP) is -0.0595. The van der Waals surface area contributed by atoms with Crippen molar-refractivity contribution in [3.05, 3.63) is 24.3 Å². The largest absolute Gasteiger partial charge is 0.481 e. The number of hydrogen-bond acceptors (Lipinski definition) is 5. The second-order valence-electron chi connectivity index (χ2n) is 3.99. The van der Waals surface area contributed by atoms with Crippen LogP contribution in [0.4, 0.5) is 5.69 Å². The summed E-state index contributed by atoms with van der Waals surface area (Å²) in [5.74, 6) is -1.41. The molecule has 0 aliphatic heterocycles. The van der Waals surface area contributed by atoms with Crippen LogP contribution in [-0.4, -0.2) is 33.7 Å². The van der Waals surface area contributed by atoms with Crippen molar-refractivity contribution in [1.82, 2.24) is 0 Å². The van der Waals surface area contributed by atoms with Gasteiger partial charge in [-0.15, -0.1) is 0 Å². The van der Waals surface area contributed by atoms with Gasteiger partial charge in [-0.1, -0.05) is 0 Å². The van der Waals surface area contributed by atoms with Crippen molar-refractivity contribution in [3.8, 4) is 0 Å². The molecule has 0 aliphatic rings. The molecule has 0 aliphatic carbocycles. The zero-order valence-electron chi connectivity index (χ0n) is 10.3. The SMILES string of the molecule is NS(=O)(=O)c1ccc(NS(=O)(=O)CCCC(=O)O)cc1. The minimum Gasteiger partial charge on any atom is -0.481 e. The maximum atomic E-state index is 11.6. The van der Waals surface area contributed by atoms with E-state index in [0.29, 0.717) is 0 Å². The highest BCUT2D eigenvalue weighted by molar-refractivity contribution is 7.92. The van der Waals surface area contributed by atoms with Gasteiger partial charge in [-0.3, -0.25) is 9.52 Å². The van der Waals surface area contributed by atoms with Crippen molar-refractivity contribution in [2.24, 2.45) is 5.14 Å². The molecule has 0 atom stereocenters. The molecule has 0 amide bonds. The second-order valence-corrected chi connectivity index (χ2v) is 7.39. The summed E-state index contributed by atoms with van der Waals surface area (Å²) in [4.78, 5) is 10.2. The van der Waals surface area contributed by atoms with Gasteiger partial charge < -0.3 is 5.11 Å². The molecule has 0 radical (unpaired) electrons. The normalized spacial score (nSPS) is 12.1. The quantitative estimate of drug-likeness (QED) is 0.641. The maximum Gasteiger partial charge on any atom is 0.303 e. The standard InChI is InChI=1S/C10H14N2O6S2/c11-20(17,18)9-5-3-8(4-6-9)12-19(15,16)7-1-2-10(13)14/h3-6,12H,1-2,7H2,(H,13,14)(H2,11,17,18). The van der Waals surface area contributed by atoms with Gasteiger partial charge in [-0.05, 0) is 30.7 Å². The number of carbonyl (C=O) groups is 1. The van der Waals surface area contributed by atoms with Crippen LogP contribution in [0.2, 0.25) is 0 Å². The van der Waals surface area contributed by atoms with Crippen molar-refractivity contribution in [2.45, 2.75) is 17.7 Å². The Morgan fingerprint density at radius 2 is 1.70 bits per heavy atom. The molecule has 0 aromatic heterocycles. The third-order valence-electron chi connectivity index (χ3n) is 2.26. The summed E-state index contributed by atoms with van der Waals surface area (Å²) in [6.07, 6.45) is -0.259. The van der Waals surface area contributed by atoms with Crippen LogP contribution in [0.5, 0.6) is 0 Å². The molecule has 1 rings (SSSR count). The lowest BCUT2D eigenvalue weighted by molar-refractivity contribution is -0.137. The van der Waals surface area contributed by atoms with Crippen LogP contribution in [0.3, 0.4) is 0 Å². The van der Waals surface area contributed by atoms with E-state index in [1.165, 1.54) is 24.3 Å². The number of sulfonamides is 2. The minimum absolute atomic E-state index is 0.0140. The molecule has 8 nitrogen and oxygen atoms in total. The van der Waals surface area contributed by atoms with Crippen LogP contribution < -0.4 is 9.86 Å². The van der Waals surface area contributed by atoms with E-state index in [-0.39, 0.29) is 29.2 Å². The average molecular weight is 322 g/mol. The molecule has 0 bridgehead atoms. The van der Waals surface area contributed by atoms with Crippen molar-refractivity contribution < 1.29 is 26.7 Å². The fraction of sp³-hybridized carbons (Fsp3) is 0.300. The smallest absolute Gasteiger partial charge is 0.303 e. The highest BCUT2D eigenvalue weighted by Gasteiger charge is 2.12. The number of rotatable bonds is 7. The Morgan fingerprint density at radius 3 is 2.15 bits per heavy atom. The molecule has 1 aromatic carbocycles. The first kappa shape index (κ1) is 16.4. The van der Waals surface area contributed by atoms with Crippen LogP contribution in [0.25, 0.3) is 0 Å². The number of benzene rings is 1. The number of nitrogens with two attached hydrogens (primary N) is 1. The number of nitrogens with one attached hydrogen (secondary N) is 1. The van der Waals surface area contributed by atoms with Gasteiger partial charge in [0.15, 0.2) is 0 Å². The van der Waals surface area contributed by atoms with Crippen LogP contribution in [0.1, 0.15) is 12.8 Å². The topological polar surface area (TPSA) is 144 Å². The van der Waals surface area contributed by atoms with Crippen molar-refractivity contribution in [1.29, 1.82) is 0 Å². The van der Waals surface area contributed by atoms with E-state index in [9.17, 15) is 21.6 Å². The Kier molecular flexibility index (Phi) is 5.09. The van der Waals surface area contributed by atoms with Crippen LogP contribution in [-0.2, 0) is 24.8 Å². The molecule has 112 valence electrons. The average Bonchev–Trinajstić information content (AvgIpc) is 2.26. The monoisotopic (exact) mass is 322 g/mol. The van der Waals surface area contributed by atoms with Gasteiger partial charge in [0.1, 0.15) is 0 Å². The van der Waals surface area contributed by atoms with Gasteiger partial charge in [0, 0.05) is 12.1 Å². The van der Waals surface area contributed by atoms with Crippen molar-refractivity contribution in [2.75, 3.05) is 10.5 Å². The number of carboxylic acids is 1. The third-order valence-corrected chi connectivity index (χ3v) is 4.56. The lowest BCUT2D eigenvalue weighted by atomic mass is 10.3. The summed E-state index contributed by atoms with van der Waals surface area (Å²) in [5, 5.41) is 13.3. The molecule has 0 fully saturated rings. The highest BCUT2D eigenvalue weighted by atomic mass is 32.2. The summed E-state index contributed by atoms with van der Waals surface area (Å²) in [7, 11) is -7.50. The summed E-state index contributed by atoms with van der Waals surface area (Å²) in [5.41, 5.74) is 0.174. The molecule has 4 N–H and O–H groups in total. The summed E-state index contributed by atoms with van der Waals surface area (Å²) in [6, 6.07) is 4.86.